The molecule has 2 N–H and O–H groups in total. The molecule has 0 fully saturated rings. The van der Waals surface area contributed by atoms with Crippen LogP contribution in [0.5, 0.6) is 0 Å². The Hall–Kier alpha value is -1.61. The first kappa shape index (κ1) is 17.7. The highest BCUT2D eigenvalue weighted by Crippen LogP contribution is 2.29. The number of thiazole rings is 1. The summed E-state index contributed by atoms with van der Waals surface area (Å²) in [5.74, 6) is 0.616. The fraction of sp³-hybridized carbons (Fsp3) is 0.429. The Morgan fingerprint density at radius 3 is 2.65 bits per heavy atom. The molecule has 0 spiro atoms. The van der Waals surface area contributed by atoms with Crippen LogP contribution in [0.2, 0.25) is 0 Å². The minimum Gasteiger partial charge on any atom is -0.356 e. The van der Waals surface area contributed by atoms with Gasteiger partial charge >= 0.3 is 6.18 Å². The number of hydrogen-bond acceptors (Lipinski definition) is 4. The zero-order valence-electron chi connectivity index (χ0n) is 12.7. The zero-order chi connectivity index (χ0) is 16.9. The summed E-state index contributed by atoms with van der Waals surface area (Å²) >= 11 is 2.69. The van der Waals surface area contributed by atoms with Crippen LogP contribution in [-0.4, -0.2) is 24.5 Å². The van der Waals surface area contributed by atoms with Gasteiger partial charge in [0.25, 0.3) is 0 Å². The smallest absolute Gasteiger partial charge is 0.356 e. The lowest BCUT2D eigenvalue weighted by atomic mass is 10.3. The van der Waals surface area contributed by atoms with E-state index in [-0.39, 0.29) is 0 Å². The summed E-state index contributed by atoms with van der Waals surface area (Å²) < 4.78 is 37.4. The van der Waals surface area contributed by atoms with Gasteiger partial charge in [-0.05, 0) is 23.9 Å². The van der Waals surface area contributed by atoms with Gasteiger partial charge in [-0.1, -0.05) is 0 Å². The van der Waals surface area contributed by atoms with Gasteiger partial charge in [-0.3, -0.25) is 4.99 Å². The van der Waals surface area contributed by atoms with E-state index in [0.717, 1.165) is 16.7 Å². The second-order valence-corrected chi connectivity index (χ2v) is 6.70. The van der Waals surface area contributed by atoms with Gasteiger partial charge in [-0.15, -0.1) is 22.7 Å². The molecule has 126 valence electrons. The van der Waals surface area contributed by atoms with E-state index in [4.69, 9.17) is 0 Å². The van der Waals surface area contributed by atoms with Crippen LogP contribution >= 0.6 is 22.7 Å². The van der Waals surface area contributed by atoms with Crippen LogP contribution < -0.4 is 10.6 Å². The number of nitrogens with one attached hydrogen (secondary N) is 2. The summed E-state index contributed by atoms with van der Waals surface area (Å²) in [6.45, 7) is 3.18. The van der Waals surface area contributed by atoms with Crippen molar-refractivity contribution >= 4 is 28.6 Å². The largest absolute Gasteiger partial charge is 0.434 e. The van der Waals surface area contributed by atoms with Gasteiger partial charge in [0, 0.05) is 30.3 Å². The number of aliphatic imine (C=N–C) groups is 1. The first-order chi connectivity index (χ1) is 10.9. The summed E-state index contributed by atoms with van der Waals surface area (Å²) in [5.41, 5.74) is 0.397. The Labute approximate surface area is 140 Å². The quantitative estimate of drug-likeness (QED) is 0.633. The van der Waals surface area contributed by atoms with E-state index >= 15 is 0 Å². The van der Waals surface area contributed by atoms with E-state index in [2.05, 4.69) is 26.7 Å². The van der Waals surface area contributed by atoms with E-state index in [1.54, 1.807) is 18.4 Å². The maximum atomic E-state index is 12.5. The average molecular weight is 362 g/mol. The van der Waals surface area contributed by atoms with E-state index < -0.39 is 11.9 Å². The molecule has 0 aliphatic carbocycles. The molecule has 0 atom stereocenters. The Kier molecular flexibility index (Phi) is 6.00. The second kappa shape index (κ2) is 7.78. The van der Waals surface area contributed by atoms with Gasteiger partial charge in [-0.2, -0.15) is 13.2 Å². The zero-order valence-corrected chi connectivity index (χ0v) is 14.3. The maximum absolute atomic E-state index is 12.5. The minimum atomic E-state index is -4.38. The highest BCUT2D eigenvalue weighted by Gasteiger charge is 2.33. The van der Waals surface area contributed by atoms with Crippen molar-refractivity contribution in [2.45, 2.75) is 26.1 Å². The third-order valence-electron chi connectivity index (χ3n) is 3.08. The SMILES string of the molecule is CN=C(NCCc1nc(C(F)(F)F)cs1)NCc1sccc1C. The Bertz CT molecular complexity index is 661. The van der Waals surface area contributed by atoms with Crippen LogP contribution in [0.25, 0.3) is 0 Å². The number of aromatic nitrogens is 1. The highest BCUT2D eigenvalue weighted by atomic mass is 32.1. The molecule has 2 heterocycles. The summed E-state index contributed by atoms with van der Waals surface area (Å²) in [6, 6.07) is 2.05. The van der Waals surface area contributed by atoms with Crippen molar-refractivity contribution in [2.24, 2.45) is 4.99 Å². The predicted octanol–water partition coefficient (Wildman–Crippen LogP) is 3.44. The highest BCUT2D eigenvalue weighted by molar-refractivity contribution is 7.10. The molecule has 0 saturated heterocycles. The lowest BCUT2D eigenvalue weighted by molar-refractivity contribution is -0.140. The molecule has 0 unspecified atom stereocenters. The van der Waals surface area contributed by atoms with Crippen molar-refractivity contribution in [3.8, 4) is 0 Å². The first-order valence-corrected chi connectivity index (χ1v) is 8.65. The van der Waals surface area contributed by atoms with Gasteiger partial charge in [0.2, 0.25) is 0 Å². The molecular weight excluding hydrogens is 345 g/mol. The van der Waals surface area contributed by atoms with Gasteiger partial charge in [-0.25, -0.2) is 4.98 Å². The molecule has 2 rings (SSSR count). The lowest BCUT2D eigenvalue weighted by Crippen LogP contribution is -2.37. The van der Waals surface area contributed by atoms with Crippen LogP contribution in [-0.2, 0) is 19.1 Å². The number of rotatable bonds is 5. The third-order valence-corrected chi connectivity index (χ3v) is 5.01. The summed E-state index contributed by atoms with van der Waals surface area (Å²) in [6.07, 6.45) is -3.96. The van der Waals surface area contributed by atoms with Gasteiger partial charge in [0.05, 0.1) is 11.6 Å². The molecule has 0 aliphatic rings. The molecular formula is C14H17F3N4S2. The van der Waals surface area contributed by atoms with Crippen molar-refractivity contribution in [1.29, 1.82) is 0 Å². The fourth-order valence-electron chi connectivity index (χ4n) is 1.81. The normalized spacial score (nSPS) is 12.5. The minimum absolute atomic E-state index is 0.416. The van der Waals surface area contributed by atoms with Crippen molar-refractivity contribution in [2.75, 3.05) is 13.6 Å². The monoisotopic (exact) mass is 362 g/mol. The van der Waals surface area contributed by atoms with Gasteiger partial charge in [0.1, 0.15) is 0 Å². The molecule has 0 amide bonds. The molecule has 9 heteroatoms. The van der Waals surface area contributed by atoms with Crippen LogP contribution in [0.1, 0.15) is 21.1 Å². The van der Waals surface area contributed by atoms with E-state index in [0.29, 0.717) is 30.5 Å². The number of halogens is 3. The van der Waals surface area contributed by atoms with Crippen LogP contribution in [0, 0.1) is 6.92 Å². The predicted molar refractivity (Wildman–Crippen MR) is 88.1 cm³/mol. The third kappa shape index (κ3) is 5.21. The van der Waals surface area contributed by atoms with Crippen molar-refractivity contribution in [3.63, 3.8) is 0 Å². The number of thiophene rings is 1. The molecule has 23 heavy (non-hydrogen) atoms. The van der Waals surface area contributed by atoms with Crippen LogP contribution in [0.4, 0.5) is 13.2 Å². The van der Waals surface area contributed by atoms with E-state index in [1.165, 1.54) is 10.4 Å². The van der Waals surface area contributed by atoms with E-state index in [1.807, 2.05) is 12.3 Å². The molecule has 0 radical (unpaired) electrons. The molecule has 2 aromatic rings. The number of aryl methyl sites for hydroxylation is 1. The molecule has 0 bridgehead atoms. The summed E-state index contributed by atoms with van der Waals surface area (Å²) in [4.78, 5) is 8.92. The Morgan fingerprint density at radius 2 is 2.09 bits per heavy atom. The Balaban J connectivity index is 1.78. The van der Waals surface area contributed by atoms with Crippen LogP contribution in [0.15, 0.2) is 21.8 Å². The number of alkyl halides is 3. The molecule has 0 aromatic carbocycles. The lowest BCUT2D eigenvalue weighted by Gasteiger charge is -2.11. The summed E-state index contributed by atoms with van der Waals surface area (Å²) in [7, 11) is 1.65. The summed E-state index contributed by atoms with van der Waals surface area (Å²) in [5, 5.41) is 9.79. The van der Waals surface area contributed by atoms with Crippen molar-refractivity contribution in [3.05, 3.63) is 38.0 Å². The number of hydrogen-bond donors (Lipinski definition) is 2. The van der Waals surface area contributed by atoms with Gasteiger partial charge < -0.3 is 10.6 Å². The second-order valence-electron chi connectivity index (χ2n) is 4.75. The van der Waals surface area contributed by atoms with Gasteiger partial charge in [0.15, 0.2) is 11.7 Å². The molecule has 2 aromatic heterocycles. The molecule has 4 nitrogen and oxygen atoms in total. The van der Waals surface area contributed by atoms with Crippen molar-refractivity contribution < 1.29 is 13.2 Å². The first-order valence-electron chi connectivity index (χ1n) is 6.89. The Morgan fingerprint density at radius 1 is 1.30 bits per heavy atom. The molecule has 0 saturated carbocycles. The standard InChI is InChI=1S/C14H17F3N4S2/c1-9-4-6-22-10(9)7-20-13(18-2)19-5-3-12-21-11(8-23-12)14(15,16)17/h4,6,8H,3,5,7H2,1-2H3,(H2,18,19,20). The number of guanidine groups is 1. The fourth-order valence-corrected chi connectivity index (χ4v) is 3.46. The van der Waals surface area contributed by atoms with E-state index in [9.17, 15) is 13.2 Å². The van der Waals surface area contributed by atoms with Crippen molar-refractivity contribution in [1.82, 2.24) is 15.6 Å². The average Bonchev–Trinajstić information content (AvgIpc) is 3.11. The van der Waals surface area contributed by atoms with Crippen LogP contribution in [0.3, 0.4) is 0 Å². The number of nitrogens with zero attached hydrogens (tertiary/aromatic N) is 2. The topological polar surface area (TPSA) is 49.3 Å². The molecule has 0 aliphatic heterocycles. The maximum Gasteiger partial charge on any atom is 0.434 e.